The first-order chi connectivity index (χ1) is 9.19. The molecule has 0 bridgehead atoms. The molecule has 2 aromatic rings. The van der Waals surface area contributed by atoms with E-state index in [1.165, 1.54) is 18.5 Å². The van der Waals surface area contributed by atoms with Crippen molar-refractivity contribution in [3.8, 4) is 0 Å². The Labute approximate surface area is 141 Å². The summed E-state index contributed by atoms with van der Waals surface area (Å²) in [6, 6.07) is 11.5. The lowest BCUT2D eigenvalue weighted by Crippen LogP contribution is -2.23. The highest BCUT2D eigenvalue weighted by Crippen LogP contribution is 2.26. The number of nitrogens with one attached hydrogen (secondary N) is 1. The Balaban J connectivity index is 2.13. The van der Waals surface area contributed by atoms with Gasteiger partial charge < -0.3 is 5.32 Å². The van der Waals surface area contributed by atoms with E-state index in [0.29, 0.717) is 6.04 Å². The highest BCUT2D eigenvalue weighted by atomic mass is 127. The summed E-state index contributed by atoms with van der Waals surface area (Å²) in [5.41, 5.74) is 1.37. The number of hydrogen-bond donors (Lipinski definition) is 1. The van der Waals surface area contributed by atoms with E-state index in [1.54, 1.807) is 0 Å². The molecule has 19 heavy (non-hydrogen) atoms. The molecule has 0 aliphatic rings. The monoisotopic (exact) mass is 449 g/mol. The van der Waals surface area contributed by atoms with E-state index in [4.69, 9.17) is 0 Å². The SMILES string of the molecule is CCCNC(Cc1cc(Br)cs1)c1ccc(I)cc1. The van der Waals surface area contributed by atoms with Crippen molar-refractivity contribution in [1.82, 2.24) is 5.32 Å². The molecular formula is C15H17BrINS. The first kappa shape index (κ1) is 15.5. The fourth-order valence-electron chi connectivity index (χ4n) is 1.98. The van der Waals surface area contributed by atoms with Gasteiger partial charge in [0.05, 0.1) is 0 Å². The molecule has 0 amide bonds. The molecule has 0 saturated heterocycles. The van der Waals surface area contributed by atoms with Crippen LogP contribution >= 0.6 is 49.9 Å². The van der Waals surface area contributed by atoms with Gasteiger partial charge in [-0.15, -0.1) is 11.3 Å². The van der Waals surface area contributed by atoms with Crippen molar-refractivity contribution < 1.29 is 0 Å². The van der Waals surface area contributed by atoms with E-state index in [9.17, 15) is 0 Å². The Morgan fingerprint density at radius 2 is 2.05 bits per heavy atom. The van der Waals surface area contributed by atoms with Crippen LogP contribution in [0.15, 0.2) is 40.2 Å². The van der Waals surface area contributed by atoms with Crippen LogP contribution < -0.4 is 5.32 Å². The Kier molecular flexibility index (Phi) is 6.32. The predicted octanol–water partition coefficient (Wildman–Crippen LogP) is 5.40. The van der Waals surface area contributed by atoms with Crippen LogP contribution in [0.4, 0.5) is 0 Å². The largest absolute Gasteiger partial charge is 0.310 e. The standard InChI is InChI=1S/C15H17BrINS/c1-2-7-18-15(9-14-8-12(16)10-19-14)11-3-5-13(17)6-4-11/h3-6,8,10,15,18H,2,7,9H2,1H3. The zero-order chi connectivity index (χ0) is 13.7. The van der Waals surface area contributed by atoms with Crippen LogP contribution in [0.25, 0.3) is 0 Å². The maximum atomic E-state index is 3.65. The minimum absolute atomic E-state index is 0.405. The molecule has 0 aliphatic carbocycles. The quantitative estimate of drug-likeness (QED) is 0.582. The van der Waals surface area contributed by atoms with E-state index in [0.717, 1.165) is 19.4 Å². The van der Waals surface area contributed by atoms with Gasteiger partial charge in [0, 0.05) is 30.8 Å². The van der Waals surface area contributed by atoms with Crippen molar-refractivity contribution in [1.29, 1.82) is 0 Å². The highest BCUT2D eigenvalue weighted by Gasteiger charge is 2.12. The molecule has 1 heterocycles. The Morgan fingerprint density at radius 3 is 2.63 bits per heavy atom. The molecule has 1 aromatic heterocycles. The molecule has 1 unspecified atom stereocenters. The molecule has 0 aliphatic heterocycles. The molecule has 1 aromatic carbocycles. The Morgan fingerprint density at radius 1 is 1.32 bits per heavy atom. The smallest absolute Gasteiger partial charge is 0.0368 e. The van der Waals surface area contributed by atoms with Crippen LogP contribution in [0.5, 0.6) is 0 Å². The molecule has 1 nitrogen and oxygen atoms in total. The predicted molar refractivity (Wildman–Crippen MR) is 95.9 cm³/mol. The van der Waals surface area contributed by atoms with Crippen molar-refractivity contribution in [3.63, 3.8) is 0 Å². The van der Waals surface area contributed by atoms with Gasteiger partial charge in [-0.25, -0.2) is 0 Å². The summed E-state index contributed by atoms with van der Waals surface area (Å²) < 4.78 is 2.47. The molecule has 4 heteroatoms. The number of rotatable bonds is 6. The van der Waals surface area contributed by atoms with Gasteiger partial charge in [-0.1, -0.05) is 19.1 Å². The summed E-state index contributed by atoms with van der Waals surface area (Å²) in [4.78, 5) is 1.42. The third-order valence-electron chi connectivity index (χ3n) is 2.94. The number of thiophene rings is 1. The summed E-state index contributed by atoms with van der Waals surface area (Å²) in [6.07, 6.45) is 2.21. The maximum Gasteiger partial charge on any atom is 0.0368 e. The van der Waals surface area contributed by atoms with Gasteiger partial charge in [-0.2, -0.15) is 0 Å². The zero-order valence-electron chi connectivity index (χ0n) is 10.8. The van der Waals surface area contributed by atoms with Gasteiger partial charge in [0.15, 0.2) is 0 Å². The van der Waals surface area contributed by atoms with E-state index < -0.39 is 0 Å². The highest BCUT2D eigenvalue weighted by molar-refractivity contribution is 14.1. The zero-order valence-corrected chi connectivity index (χ0v) is 15.4. The van der Waals surface area contributed by atoms with E-state index in [-0.39, 0.29) is 0 Å². The summed E-state index contributed by atoms with van der Waals surface area (Å²) in [5.74, 6) is 0. The van der Waals surface area contributed by atoms with Gasteiger partial charge in [0.1, 0.15) is 0 Å². The lowest BCUT2D eigenvalue weighted by molar-refractivity contribution is 0.532. The minimum atomic E-state index is 0.405. The summed E-state index contributed by atoms with van der Waals surface area (Å²) >= 11 is 7.70. The first-order valence-electron chi connectivity index (χ1n) is 6.40. The van der Waals surface area contributed by atoms with Gasteiger partial charge in [0.25, 0.3) is 0 Å². The van der Waals surface area contributed by atoms with Gasteiger partial charge in [0.2, 0.25) is 0 Å². The normalized spacial score (nSPS) is 12.6. The first-order valence-corrected chi connectivity index (χ1v) is 9.16. The topological polar surface area (TPSA) is 12.0 Å². The third kappa shape index (κ3) is 4.85. The fourth-order valence-corrected chi connectivity index (χ4v) is 3.84. The van der Waals surface area contributed by atoms with Crippen LogP contribution in [0.1, 0.15) is 29.8 Å². The van der Waals surface area contributed by atoms with Crippen LogP contribution in [0, 0.1) is 3.57 Å². The summed E-state index contributed by atoms with van der Waals surface area (Å²) in [5, 5.41) is 5.80. The average Bonchev–Trinajstić information content (AvgIpc) is 2.81. The molecular weight excluding hydrogens is 433 g/mol. The van der Waals surface area contributed by atoms with Crippen molar-refractivity contribution in [2.24, 2.45) is 0 Å². The van der Waals surface area contributed by atoms with E-state index >= 15 is 0 Å². The van der Waals surface area contributed by atoms with E-state index in [2.05, 4.69) is 86.5 Å². The molecule has 1 atom stereocenters. The maximum absolute atomic E-state index is 3.65. The number of halogens is 2. The van der Waals surface area contributed by atoms with Gasteiger partial charge >= 0.3 is 0 Å². The van der Waals surface area contributed by atoms with Crippen LogP contribution in [-0.2, 0) is 6.42 Å². The Bertz CT molecular complexity index is 509. The van der Waals surface area contributed by atoms with Crippen LogP contribution in [0.2, 0.25) is 0 Å². The second-order valence-electron chi connectivity index (χ2n) is 4.49. The molecule has 1 N–H and O–H groups in total. The molecule has 2 rings (SSSR count). The minimum Gasteiger partial charge on any atom is -0.310 e. The number of benzene rings is 1. The van der Waals surface area contributed by atoms with Crippen molar-refractivity contribution in [2.45, 2.75) is 25.8 Å². The lowest BCUT2D eigenvalue weighted by atomic mass is 10.0. The fraction of sp³-hybridized carbons (Fsp3) is 0.333. The van der Waals surface area contributed by atoms with Gasteiger partial charge in [-0.3, -0.25) is 0 Å². The lowest BCUT2D eigenvalue weighted by Gasteiger charge is -2.18. The van der Waals surface area contributed by atoms with Crippen LogP contribution in [0.3, 0.4) is 0 Å². The summed E-state index contributed by atoms with van der Waals surface area (Å²) in [6.45, 7) is 3.27. The van der Waals surface area contributed by atoms with Gasteiger partial charge in [-0.05, 0) is 75.2 Å². The second-order valence-corrected chi connectivity index (χ2v) is 7.65. The Hall–Kier alpha value is 0.0900. The molecule has 0 radical (unpaired) electrons. The molecule has 0 fully saturated rings. The van der Waals surface area contributed by atoms with Crippen LogP contribution in [-0.4, -0.2) is 6.54 Å². The molecule has 0 spiro atoms. The van der Waals surface area contributed by atoms with E-state index in [1.807, 2.05) is 11.3 Å². The average molecular weight is 450 g/mol. The molecule has 102 valence electrons. The third-order valence-corrected chi connectivity index (χ3v) is 5.38. The van der Waals surface area contributed by atoms with Crippen molar-refractivity contribution in [2.75, 3.05) is 6.54 Å². The second kappa shape index (κ2) is 7.76. The molecule has 0 saturated carbocycles. The number of hydrogen-bond acceptors (Lipinski definition) is 2. The summed E-state index contributed by atoms with van der Waals surface area (Å²) in [7, 11) is 0. The van der Waals surface area contributed by atoms with Crippen molar-refractivity contribution >= 4 is 49.9 Å². The van der Waals surface area contributed by atoms with Crippen molar-refractivity contribution in [3.05, 3.63) is 54.2 Å².